The summed E-state index contributed by atoms with van der Waals surface area (Å²) in [7, 11) is 0. The van der Waals surface area contributed by atoms with E-state index < -0.39 is 74.6 Å². The van der Waals surface area contributed by atoms with E-state index in [-0.39, 0.29) is 12.0 Å². The first-order valence-corrected chi connectivity index (χ1v) is 19.0. The standard InChI is InChI=1S/C38H60N2O13/c1-23(42)13-11-9-7-5-3-2-4-6-8-10-12-14-30(43)39-18-17-24-20-40-27-16-15-25(19-26(24)27)51-38-36(49)34(47)32(45)29(53-38)22-50-37-35(48)33(46)31(44)28(21-41)52-37/h3,5,15-16,19-20,23,28-29,31-38,40-42,44-49H,2,4,6-14,17-18,21-22H2,1H3,(H,39,43)/b5-3-/t23?,28?,29?,31-,32-,33?,34?,35?,36?,37+,38+/m1/s1. The van der Waals surface area contributed by atoms with Crippen LogP contribution in [0.15, 0.2) is 36.5 Å². The molecule has 2 fully saturated rings. The summed E-state index contributed by atoms with van der Waals surface area (Å²) in [4.78, 5) is 15.6. The molecule has 3 heterocycles. The third-order valence-corrected chi connectivity index (χ3v) is 9.83. The van der Waals surface area contributed by atoms with Crippen molar-refractivity contribution in [3.8, 4) is 5.75 Å². The first-order chi connectivity index (χ1) is 25.5. The lowest BCUT2D eigenvalue weighted by atomic mass is 9.98. The van der Waals surface area contributed by atoms with Crippen LogP contribution in [-0.4, -0.2) is 139 Å². The minimum atomic E-state index is -1.68. The molecule has 53 heavy (non-hydrogen) atoms. The van der Waals surface area contributed by atoms with Crippen molar-refractivity contribution < 1.29 is 64.6 Å². The summed E-state index contributed by atoms with van der Waals surface area (Å²) in [5.74, 6) is 0.324. The van der Waals surface area contributed by atoms with Gasteiger partial charge in [0.25, 0.3) is 0 Å². The van der Waals surface area contributed by atoms with Gasteiger partial charge in [-0.1, -0.05) is 37.8 Å². The summed E-state index contributed by atoms with van der Waals surface area (Å²) in [6.07, 6.45) is 2.44. The van der Waals surface area contributed by atoms with Gasteiger partial charge in [-0.25, -0.2) is 0 Å². The van der Waals surface area contributed by atoms with E-state index in [0.29, 0.717) is 25.1 Å². The number of unbranched alkanes of at least 4 members (excludes halogenated alkanes) is 7. The highest BCUT2D eigenvalue weighted by Crippen LogP contribution is 2.29. The normalized spacial score (nSPS) is 29.8. The van der Waals surface area contributed by atoms with Crippen molar-refractivity contribution in [3.05, 3.63) is 42.1 Å². The molecule has 2 aliphatic heterocycles. The van der Waals surface area contributed by atoms with Crippen LogP contribution in [0.1, 0.15) is 83.1 Å². The molecule has 0 bridgehead atoms. The van der Waals surface area contributed by atoms with Gasteiger partial charge in [-0.05, 0) is 75.6 Å². The molecular formula is C38H60N2O13. The Hall–Kier alpha value is -2.67. The number of nitrogens with one attached hydrogen (secondary N) is 2. The second kappa shape index (κ2) is 22.0. The number of hydrogen-bond donors (Lipinski definition) is 10. The average Bonchev–Trinajstić information content (AvgIpc) is 3.54. The van der Waals surface area contributed by atoms with Crippen molar-refractivity contribution >= 4 is 16.8 Å². The van der Waals surface area contributed by atoms with Crippen LogP contribution in [0.25, 0.3) is 10.9 Å². The Morgan fingerprint density at radius 3 is 2.21 bits per heavy atom. The first kappa shape index (κ1) is 43.1. The van der Waals surface area contributed by atoms with E-state index >= 15 is 0 Å². The van der Waals surface area contributed by atoms with Crippen LogP contribution in [0.5, 0.6) is 5.75 Å². The molecule has 2 saturated heterocycles. The Kier molecular flexibility index (Phi) is 17.9. The maximum atomic E-state index is 12.4. The summed E-state index contributed by atoms with van der Waals surface area (Å²) in [6, 6.07) is 5.17. The molecule has 0 radical (unpaired) electrons. The SMILES string of the molecule is CC(O)CCCC/C=C\CCCCCCCC(=O)NCCc1c[nH]c2ccc(O[C@H]3OC(CO[C@H]4OC(CO)[C@@H](O)C(O)C4O)[C@@H](O)C(O)C3O)cc12. The average molecular weight is 753 g/mol. The van der Waals surface area contributed by atoms with E-state index in [2.05, 4.69) is 22.5 Å². The highest BCUT2D eigenvalue weighted by molar-refractivity contribution is 5.84. The van der Waals surface area contributed by atoms with Crippen LogP contribution in [0, 0.1) is 0 Å². The number of carbonyl (C=O) groups excluding carboxylic acids is 1. The van der Waals surface area contributed by atoms with Gasteiger partial charge in [0, 0.05) is 30.1 Å². The minimum Gasteiger partial charge on any atom is -0.462 e. The summed E-state index contributed by atoms with van der Waals surface area (Å²) >= 11 is 0. The number of hydrogen-bond acceptors (Lipinski definition) is 13. The fraction of sp³-hybridized carbons (Fsp3) is 0.711. The van der Waals surface area contributed by atoms with Gasteiger partial charge < -0.3 is 70.1 Å². The lowest BCUT2D eigenvalue weighted by Gasteiger charge is -2.42. The Bertz CT molecular complexity index is 1390. The molecule has 2 aromatic rings. The monoisotopic (exact) mass is 752 g/mol. The smallest absolute Gasteiger partial charge is 0.229 e. The summed E-state index contributed by atoms with van der Waals surface area (Å²) in [5.41, 5.74) is 1.76. The van der Waals surface area contributed by atoms with Gasteiger partial charge in [0.05, 0.1) is 19.3 Å². The Balaban J connectivity index is 1.17. The molecule has 4 rings (SSSR count). The quantitative estimate of drug-likeness (QED) is 0.0599. The van der Waals surface area contributed by atoms with Gasteiger partial charge in [0.15, 0.2) is 6.29 Å². The number of aromatic amines is 1. The molecule has 0 aliphatic carbocycles. The lowest BCUT2D eigenvalue weighted by Crippen LogP contribution is -2.62. The number of rotatable bonds is 22. The predicted octanol–water partition coefficient (Wildman–Crippen LogP) is 1.06. The van der Waals surface area contributed by atoms with E-state index in [0.717, 1.165) is 80.7 Å². The van der Waals surface area contributed by atoms with Crippen LogP contribution in [-0.2, 0) is 25.4 Å². The first-order valence-electron chi connectivity index (χ1n) is 19.0. The number of fused-ring (bicyclic) bond motifs is 1. The highest BCUT2D eigenvalue weighted by Gasteiger charge is 2.48. The fourth-order valence-electron chi connectivity index (χ4n) is 6.56. The van der Waals surface area contributed by atoms with Gasteiger partial charge in [-0.3, -0.25) is 4.79 Å². The maximum absolute atomic E-state index is 12.4. The van der Waals surface area contributed by atoms with Crippen molar-refractivity contribution in [1.82, 2.24) is 10.3 Å². The van der Waals surface area contributed by atoms with Gasteiger partial charge in [-0.2, -0.15) is 0 Å². The number of aromatic nitrogens is 1. The number of aliphatic hydroxyl groups is 8. The molecule has 15 heteroatoms. The van der Waals surface area contributed by atoms with Crippen LogP contribution >= 0.6 is 0 Å². The number of aliphatic hydroxyl groups excluding tert-OH is 8. The second-order valence-corrected chi connectivity index (χ2v) is 14.2. The molecule has 2 aliphatic rings. The third kappa shape index (κ3) is 13.0. The maximum Gasteiger partial charge on any atom is 0.229 e. The molecule has 0 saturated carbocycles. The number of ether oxygens (including phenoxy) is 4. The largest absolute Gasteiger partial charge is 0.462 e. The van der Waals surface area contributed by atoms with E-state index in [1.807, 2.05) is 13.1 Å². The number of carbonyl (C=O) groups is 1. The molecule has 11 atom stereocenters. The highest BCUT2D eigenvalue weighted by atomic mass is 16.7. The van der Waals surface area contributed by atoms with E-state index in [9.17, 15) is 45.6 Å². The Morgan fingerprint density at radius 1 is 0.849 bits per heavy atom. The predicted molar refractivity (Wildman–Crippen MR) is 194 cm³/mol. The molecule has 1 amide bonds. The Morgan fingerprint density at radius 2 is 1.49 bits per heavy atom. The molecule has 10 N–H and O–H groups in total. The van der Waals surface area contributed by atoms with Crippen LogP contribution in [0.2, 0.25) is 0 Å². The van der Waals surface area contributed by atoms with Gasteiger partial charge >= 0.3 is 0 Å². The van der Waals surface area contributed by atoms with Crippen molar-refractivity contribution in [2.75, 3.05) is 19.8 Å². The fourth-order valence-corrected chi connectivity index (χ4v) is 6.56. The van der Waals surface area contributed by atoms with Gasteiger partial charge in [0.2, 0.25) is 12.2 Å². The topological polar surface area (TPSA) is 244 Å². The zero-order valence-electron chi connectivity index (χ0n) is 30.5. The molecule has 1 aromatic heterocycles. The van der Waals surface area contributed by atoms with Crippen LogP contribution in [0.4, 0.5) is 0 Å². The number of H-pyrrole nitrogens is 1. The number of amides is 1. The molecule has 300 valence electrons. The second-order valence-electron chi connectivity index (χ2n) is 14.2. The summed E-state index contributed by atoms with van der Waals surface area (Å²) in [6.45, 7) is 1.16. The van der Waals surface area contributed by atoms with E-state index in [1.54, 1.807) is 18.2 Å². The van der Waals surface area contributed by atoms with Gasteiger partial charge in [0.1, 0.15) is 54.6 Å². The third-order valence-electron chi connectivity index (χ3n) is 9.83. The van der Waals surface area contributed by atoms with Crippen molar-refractivity contribution in [2.24, 2.45) is 0 Å². The minimum absolute atomic E-state index is 0.0154. The zero-order chi connectivity index (χ0) is 38.3. The number of benzene rings is 1. The summed E-state index contributed by atoms with van der Waals surface area (Å²) < 4.78 is 22.5. The van der Waals surface area contributed by atoms with Crippen molar-refractivity contribution in [1.29, 1.82) is 0 Å². The van der Waals surface area contributed by atoms with Crippen molar-refractivity contribution in [2.45, 2.75) is 151 Å². The van der Waals surface area contributed by atoms with Gasteiger partial charge in [-0.15, -0.1) is 0 Å². The van der Waals surface area contributed by atoms with E-state index in [4.69, 9.17) is 18.9 Å². The molecule has 1 aromatic carbocycles. The Labute approximate surface area is 310 Å². The van der Waals surface area contributed by atoms with E-state index in [1.165, 1.54) is 0 Å². The summed E-state index contributed by atoms with van der Waals surface area (Å²) in [5, 5.41) is 84.5. The number of allylic oxidation sites excluding steroid dienone is 2. The molecule has 0 spiro atoms. The molecule has 15 nitrogen and oxygen atoms in total. The van der Waals surface area contributed by atoms with Crippen molar-refractivity contribution in [3.63, 3.8) is 0 Å². The zero-order valence-corrected chi connectivity index (χ0v) is 30.5. The molecular weight excluding hydrogens is 692 g/mol. The van der Waals surface area contributed by atoms with Crippen LogP contribution < -0.4 is 10.1 Å². The lowest BCUT2D eigenvalue weighted by molar-refractivity contribution is -0.323. The van der Waals surface area contributed by atoms with Crippen LogP contribution in [0.3, 0.4) is 0 Å². The molecule has 7 unspecified atom stereocenters.